The maximum absolute atomic E-state index is 12.4. The first-order valence-corrected chi connectivity index (χ1v) is 11.9. The summed E-state index contributed by atoms with van der Waals surface area (Å²) in [6.07, 6.45) is 4.15. The summed E-state index contributed by atoms with van der Waals surface area (Å²) in [4.78, 5) is 12.4. The Morgan fingerprint density at radius 1 is 1.16 bits per heavy atom. The fourth-order valence-electron chi connectivity index (χ4n) is 3.05. The van der Waals surface area contributed by atoms with Gasteiger partial charge in [0, 0.05) is 0 Å². The number of hydrogen-bond acceptors (Lipinski definition) is 6. The first-order chi connectivity index (χ1) is 15.2. The van der Waals surface area contributed by atoms with Crippen molar-refractivity contribution in [3.63, 3.8) is 0 Å². The average molecular weight is 460 g/mol. The monoisotopic (exact) mass is 459 g/mol. The van der Waals surface area contributed by atoms with E-state index in [-0.39, 0.29) is 6.54 Å². The lowest BCUT2D eigenvalue weighted by Gasteiger charge is -2.25. The van der Waals surface area contributed by atoms with Gasteiger partial charge in [-0.1, -0.05) is 30.9 Å². The van der Waals surface area contributed by atoms with Crippen molar-refractivity contribution in [2.24, 2.45) is 5.10 Å². The molecule has 9 heteroatoms. The highest BCUT2D eigenvalue weighted by Crippen LogP contribution is 2.28. The zero-order chi connectivity index (χ0) is 23.7. The van der Waals surface area contributed by atoms with Gasteiger partial charge in [0.15, 0.2) is 11.5 Å². The molecule has 172 valence electrons. The van der Waals surface area contributed by atoms with E-state index in [1.54, 1.807) is 50.3 Å². The molecule has 0 aromatic heterocycles. The topological polar surface area (TPSA) is 97.3 Å². The van der Waals surface area contributed by atoms with Crippen molar-refractivity contribution in [3.8, 4) is 11.5 Å². The molecule has 32 heavy (non-hydrogen) atoms. The highest BCUT2D eigenvalue weighted by molar-refractivity contribution is 7.92. The minimum Gasteiger partial charge on any atom is -0.490 e. The highest BCUT2D eigenvalue weighted by atomic mass is 32.2. The largest absolute Gasteiger partial charge is 0.490 e. The summed E-state index contributed by atoms with van der Waals surface area (Å²) >= 11 is 0. The van der Waals surface area contributed by atoms with E-state index < -0.39 is 15.9 Å². The van der Waals surface area contributed by atoms with Crippen LogP contribution in [0.5, 0.6) is 11.5 Å². The molecule has 0 aliphatic carbocycles. The third-order valence-corrected chi connectivity index (χ3v) is 5.52. The summed E-state index contributed by atoms with van der Waals surface area (Å²) in [5.41, 5.74) is 5.07. The summed E-state index contributed by atoms with van der Waals surface area (Å²) in [7, 11) is -3.68. The molecule has 0 heterocycles. The number of amides is 1. The molecule has 0 spiro atoms. The molecule has 2 aromatic rings. The minimum absolute atomic E-state index is 0.348. The number of nitrogens with one attached hydrogen (secondary N) is 1. The van der Waals surface area contributed by atoms with Crippen LogP contribution < -0.4 is 19.2 Å². The predicted molar refractivity (Wildman–Crippen MR) is 127 cm³/mol. The number of nitrogens with zero attached hydrogens (tertiary/aromatic N) is 2. The third kappa shape index (κ3) is 6.84. The van der Waals surface area contributed by atoms with E-state index in [9.17, 15) is 13.2 Å². The lowest BCUT2D eigenvalue weighted by atomic mass is 10.1. The van der Waals surface area contributed by atoms with Crippen molar-refractivity contribution in [2.45, 2.75) is 20.8 Å². The average Bonchev–Trinajstić information content (AvgIpc) is 2.72. The maximum Gasteiger partial charge on any atom is 0.260 e. The Morgan fingerprint density at radius 2 is 1.84 bits per heavy atom. The number of para-hydroxylation sites is 1. The molecule has 0 atom stereocenters. The van der Waals surface area contributed by atoms with Crippen molar-refractivity contribution in [3.05, 3.63) is 65.7 Å². The van der Waals surface area contributed by atoms with Crippen molar-refractivity contribution in [1.82, 2.24) is 5.43 Å². The first kappa shape index (κ1) is 24.9. The molecule has 1 N–H and O–H groups in total. The Hall–Kier alpha value is -3.33. The van der Waals surface area contributed by atoms with Gasteiger partial charge in [-0.2, -0.15) is 5.10 Å². The molecular formula is C23H29N3O5S. The van der Waals surface area contributed by atoms with Gasteiger partial charge in [-0.3, -0.25) is 9.10 Å². The van der Waals surface area contributed by atoms with Gasteiger partial charge < -0.3 is 9.47 Å². The second kappa shape index (κ2) is 11.3. The lowest BCUT2D eigenvalue weighted by molar-refractivity contribution is -0.119. The van der Waals surface area contributed by atoms with Gasteiger partial charge in [0.1, 0.15) is 13.2 Å². The van der Waals surface area contributed by atoms with Crippen LogP contribution in [0.3, 0.4) is 0 Å². The standard InChI is InChI=1S/C23H29N3O5S/c1-6-13-31-20-12-11-19(14-21(20)30-7-2)15-24-25-22(27)16-26(32(5,28)29)23-17(3)9-8-10-18(23)4/h6,8-12,14-15H,1,7,13,16H2,2-5H3,(H,25,27)/b24-15-. The molecule has 0 aliphatic heterocycles. The Bertz CT molecular complexity index is 1080. The normalized spacial score (nSPS) is 11.2. The number of rotatable bonds is 11. The molecule has 2 rings (SSSR count). The van der Waals surface area contributed by atoms with Crippen LogP contribution in [0.1, 0.15) is 23.6 Å². The van der Waals surface area contributed by atoms with Gasteiger partial charge in [0.05, 0.1) is 24.8 Å². The van der Waals surface area contributed by atoms with E-state index in [0.717, 1.165) is 21.7 Å². The Kier molecular flexibility index (Phi) is 8.83. The molecule has 0 fully saturated rings. The number of benzene rings is 2. The van der Waals surface area contributed by atoms with Crippen LogP contribution >= 0.6 is 0 Å². The van der Waals surface area contributed by atoms with Crippen LogP contribution in [0, 0.1) is 13.8 Å². The van der Waals surface area contributed by atoms with Crippen LogP contribution in [-0.4, -0.2) is 46.6 Å². The van der Waals surface area contributed by atoms with Crippen LogP contribution in [0.2, 0.25) is 0 Å². The van der Waals surface area contributed by atoms with Gasteiger partial charge >= 0.3 is 0 Å². The molecule has 0 saturated heterocycles. The number of hydrazone groups is 1. The van der Waals surface area contributed by atoms with E-state index in [2.05, 4.69) is 17.1 Å². The fraction of sp³-hybridized carbons (Fsp3) is 0.304. The molecule has 0 unspecified atom stereocenters. The van der Waals surface area contributed by atoms with Crippen molar-refractivity contribution < 1.29 is 22.7 Å². The number of anilines is 1. The van der Waals surface area contributed by atoms with Gasteiger partial charge in [-0.05, 0) is 55.7 Å². The molecule has 0 aliphatic rings. The smallest absolute Gasteiger partial charge is 0.260 e. The SMILES string of the molecule is C=CCOc1ccc(/C=N\NC(=O)CN(c2c(C)cccc2C)S(C)(=O)=O)cc1OCC. The summed E-state index contributed by atoms with van der Waals surface area (Å²) < 4.78 is 36.9. The summed E-state index contributed by atoms with van der Waals surface area (Å²) in [6, 6.07) is 10.7. The van der Waals surface area contributed by atoms with E-state index in [0.29, 0.717) is 36.0 Å². The van der Waals surface area contributed by atoms with Crippen molar-refractivity contribution in [2.75, 3.05) is 30.3 Å². The zero-order valence-corrected chi connectivity index (χ0v) is 19.6. The molecule has 2 aromatic carbocycles. The molecule has 1 amide bonds. The minimum atomic E-state index is -3.68. The maximum atomic E-state index is 12.4. The molecule has 8 nitrogen and oxygen atoms in total. The summed E-state index contributed by atoms with van der Waals surface area (Å²) in [5.74, 6) is 0.554. The van der Waals surface area contributed by atoms with Gasteiger partial charge in [0.25, 0.3) is 5.91 Å². The van der Waals surface area contributed by atoms with Gasteiger partial charge in [-0.25, -0.2) is 13.8 Å². The number of sulfonamides is 1. The van der Waals surface area contributed by atoms with Crippen molar-refractivity contribution in [1.29, 1.82) is 0 Å². The number of ether oxygens (including phenoxy) is 2. The lowest BCUT2D eigenvalue weighted by Crippen LogP contribution is -2.39. The van der Waals surface area contributed by atoms with E-state index in [4.69, 9.17) is 9.47 Å². The number of carbonyl (C=O) groups excluding carboxylic acids is 1. The highest BCUT2D eigenvalue weighted by Gasteiger charge is 2.23. The molecule has 0 bridgehead atoms. The fourth-order valence-corrected chi connectivity index (χ4v) is 4.02. The van der Waals surface area contributed by atoms with Crippen LogP contribution in [0.25, 0.3) is 0 Å². The van der Waals surface area contributed by atoms with Crippen molar-refractivity contribution >= 4 is 27.8 Å². The second-order valence-electron chi connectivity index (χ2n) is 7.04. The molecule has 0 saturated carbocycles. The Labute approximate surface area is 189 Å². The first-order valence-electron chi connectivity index (χ1n) is 10.0. The van der Waals surface area contributed by atoms with Crippen LogP contribution in [-0.2, 0) is 14.8 Å². The van der Waals surface area contributed by atoms with E-state index in [1.807, 2.05) is 13.0 Å². The number of carbonyl (C=O) groups is 1. The predicted octanol–water partition coefficient (Wildman–Crippen LogP) is 3.18. The summed E-state index contributed by atoms with van der Waals surface area (Å²) in [6.45, 7) is 9.51. The molecule has 0 radical (unpaired) electrons. The molecular weight excluding hydrogens is 430 g/mol. The second-order valence-corrected chi connectivity index (χ2v) is 8.95. The van der Waals surface area contributed by atoms with Crippen LogP contribution in [0.4, 0.5) is 5.69 Å². The number of aryl methyl sites for hydroxylation is 2. The van der Waals surface area contributed by atoms with Gasteiger partial charge in [-0.15, -0.1) is 0 Å². The van der Waals surface area contributed by atoms with Gasteiger partial charge in [0.2, 0.25) is 10.0 Å². The summed E-state index contributed by atoms with van der Waals surface area (Å²) in [5, 5.41) is 3.95. The zero-order valence-electron chi connectivity index (χ0n) is 18.8. The Balaban J connectivity index is 2.13. The number of hydrogen-bond donors (Lipinski definition) is 1. The van der Waals surface area contributed by atoms with Crippen LogP contribution in [0.15, 0.2) is 54.2 Å². The third-order valence-electron chi connectivity index (χ3n) is 4.40. The van der Waals surface area contributed by atoms with E-state index in [1.165, 1.54) is 6.21 Å². The van der Waals surface area contributed by atoms with E-state index >= 15 is 0 Å². The Morgan fingerprint density at radius 3 is 2.44 bits per heavy atom. The quantitative estimate of drug-likeness (QED) is 0.316.